The van der Waals surface area contributed by atoms with Crippen LogP contribution in [0, 0.1) is 36.5 Å². The number of allylic oxidation sites excluding steroid dienone is 2. The quantitative estimate of drug-likeness (QED) is 0.139. The molecule has 4 aliphatic heterocycles. The molecule has 4 heterocycles. The number of carbonyl (C=O) groups is 3. The molecule has 66 heavy (non-hydrogen) atoms. The van der Waals surface area contributed by atoms with Gasteiger partial charge in [0.25, 0.3) is 11.7 Å². The zero-order valence-electron chi connectivity index (χ0n) is 39.0. The molecule has 7 N–H and O–H groups in total. The number of aromatic hydroxyl groups is 2. The van der Waals surface area contributed by atoms with Gasteiger partial charge >= 0.3 is 11.8 Å². The van der Waals surface area contributed by atoms with Gasteiger partial charge in [0.2, 0.25) is 0 Å². The molecule has 0 aliphatic carbocycles. The summed E-state index contributed by atoms with van der Waals surface area (Å²) in [6, 6.07) is 8.80. The summed E-state index contributed by atoms with van der Waals surface area (Å²) in [7, 11) is 1.45. The van der Waals surface area contributed by atoms with Gasteiger partial charge in [-0.15, -0.1) is 0 Å². The molecular weight excluding hydrogens is 849 g/mol. The summed E-state index contributed by atoms with van der Waals surface area (Å²) in [4.78, 5) is 52.0. The molecule has 16 nitrogen and oxygen atoms in total. The zero-order valence-corrected chi connectivity index (χ0v) is 39.0. The fraction of sp³-hybridized carbons (Fsp3) is 0.500. The highest BCUT2D eigenvalue weighted by molar-refractivity contribution is 6.19. The number of esters is 1. The average Bonchev–Trinajstić information content (AvgIpc) is 3.80. The number of hydrogen-bond acceptors (Lipinski definition) is 15. The Labute approximate surface area is 383 Å². The number of aliphatic hydroxyl groups is 3. The average molecular weight is 911 g/mol. The predicted octanol–water partition coefficient (Wildman–Crippen LogP) is 4.73. The molecule has 354 valence electrons. The van der Waals surface area contributed by atoms with E-state index in [1.165, 1.54) is 46.3 Å². The summed E-state index contributed by atoms with van der Waals surface area (Å²) in [5.41, 5.74) is -0.248. The number of methoxy groups -OCH3 is 1. The van der Waals surface area contributed by atoms with Gasteiger partial charge in [0.05, 0.1) is 47.5 Å². The molecule has 3 aromatic carbocycles. The first-order chi connectivity index (χ1) is 31.2. The first-order valence-electron chi connectivity index (χ1n) is 22.5. The Hall–Kier alpha value is -5.65. The van der Waals surface area contributed by atoms with Crippen LogP contribution in [-0.4, -0.2) is 98.8 Å². The number of phenols is 2. The normalized spacial score (nSPS) is 35.5. The molecule has 16 heteroatoms. The van der Waals surface area contributed by atoms with Crippen LogP contribution in [0.1, 0.15) is 89.3 Å². The van der Waals surface area contributed by atoms with Gasteiger partial charge in [-0.3, -0.25) is 24.4 Å². The minimum atomic E-state index is -2.03. The Kier molecular flexibility index (Phi) is 13.6. The number of ether oxygens (including phenoxy) is 4. The molecule has 1 fully saturated rings. The van der Waals surface area contributed by atoms with Crippen LogP contribution < -0.4 is 26.1 Å². The molecule has 4 bridgehead atoms. The van der Waals surface area contributed by atoms with Crippen molar-refractivity contribution in [3.05, 3.63) is 93.9 Å². The van der Waals surface area contributed by atoms with Crippen molar-refractivity contribution in [1.29, 1.82) is 0 Å². The van der Waals surface area contributed by atoms with Crippen molar-refractivity contribution in [2.24, 2.45) is 39.6 Å². The number of piperidine rings is 1. The van der Waals surface area contributed by atoms with Crippen LogP contribution in [0.25, 0.3) is 10.8 Å². The Morgan fingerprint density at radius 2 is 1.61 bits per heavy atom. The Balaban J connectivity index is 1.45. The van der Waals surface area contributed by atoms with E-state index in [9.17, 15) is 39.9 Å². The summed E-state index contributed by atoms with van der Waals surface area (Å²) < 4.78 is 24.1. The van der Waals surface area contributed by atoms with Crippen molar-refractivity contribution in [3.8, 4) is 17.2 Å². The summed E-state index contributed by atoms with van der Waals surface area (Å²) in [5.74, 6) is -7.87. The van der Waals surface area contributed by atoms with Gasteiger partial charge in [0.15, 0.2) is 11.4 Å². The minimum absolute atomic E-state index is 0.0137. The number of Topliss-reactive ketones (excluding diaryl/α,β-unsaturated/α-hetero) is 1. The summed E-state index contributed by atoms with van der Waals surface area (Å²) in [5, 5.41) is 64.5. The Bertz CT molecular complexity index is 2630. The number of ketones is 1. The Morgan fingerprint density at radius 1 is 0.924 bits per heavy atom. The highest BCUT2D eigenvalue weighted by Gasteiger charge is 2.52. The second-order valence-corrected chi connectivity index (χ2v) is 18.6. The molecule has 0 aromatic heterocycles. The number of aliphatic hydroxyl groups excluding tert-OH is 3. The van der Waals surface area contributed by atoms with E-state index in [0.29, 0.717) is 0 Å². The lowest BCUT2D eigenvalue weighted by atomic mass is 9.78. The summed E-state index contributed by atoms with van der Waals surface area (Å²) in [6.45, 7) is 14.4. The highest BCUT2D eigenvalue weighted by atomic mass is 16.7. The molecule has 1 amide bonds. The van der Waals surface area contributed by atoms with Gasteiger partial charge < -0.3 is 55.1 Å². The molecule has 1 spiro atoms. The molecule has 4 aliphatic rings. The zero-order chi connectivity index (χ0) is 48.2. The first-order valence-corrected chi connectivity index (χ1v) is 22.5. The molecule has 0 radical (unpaired) electrons. The number of rotatable bonds is 4. The number of hydrogen-bond donors (Lipinski definition) is 7. The number of nitrogens with zero attached hydrogens (tertiary/aromatic N) is 2. The molecular formula is C50H62N4O12. The van der Waals surface area contributed by atoms with Crippen molar-refractivity contribution < 1.29 is 58.9 Å². The van der Waals surface area contributed by atoms with Crippen LogP contribution in [0.5, 0.6) is 17.2 Å². The number of nitrogens with one attached hydrogen (secondary N) is 2. The van der Waals surface area contributed by atoms with Crippen molar-refractivity contribution in [2.75, 3.05) is 19.0 Å². The SMILES string of the molecule is CO[C@H]1/C=C\O[C@@]2(C)Oc3c(C)c(O)c4c(O)c(c5c(c4c3C2=O)=NC2(C[C@@H](c3ccccc3)N[C@@H](CO)[C@@H]2C)N=5)NC(=O)/C(C)=C/C=C\[C@H](C)[C@H](O)[C@@H](C)[C@H](O)[C@H](C)[C@@H](OC(C)=O)[C@H]1C. The molecule has 0 saturated carbocycles. The van der Waals surface area contributed by atoms with Crippen LogP contribution in [0.15, 0.2) is 76.5 Å². The second kappa shape index (κ2) is 18.6. The number of anilines is 1. The van der Waals surface area contributed by atoms with E-state index in [-0.39, 0.29) is 68.7 Å². The van der Waals surface area contributed by atoms with Crippen molar-refractivity contribution in [3.63, 3.8) is 0 Å². The van der Waals surface area contributed by atoms with Gasteiger partial charge in [0, 0.05) is 85.6 Å². The van der Waals surface area contributed by atoms with Crippen LogP contribution in [0.4, 0.5) is 5.69 Å². The third-order valence-corrected chi connectivity index (χ3v) is 14.2. The topological polar surface area (TPSA) is 238 Å². The predicted molar refractivity (Wildman–Crippen MR) is 244 cm³/mol. The van der Waals surface area contributed by atoms with Crippen LogP contribution in [0.2, 0.25) is 0 Å². The lowest BCUT2D eigenvalue weighted by Crippen LogP contribution is -2.55. The molecule has 7 rings (SSSR count). The number of amides is 1. The van der Waals surface area contributed by atoms with E-state index >= 15 is 0 Å². The summed E-state index contributed by atoms with van der Waals surface area (Å²) >= 11 is 0. The summed E-state index contributed by atoms with van der Waals surface area (Å²) in [6.07, 6.45) is 4.01. The maximum absolute atomic E-state index is 14.9. The van der Waals surface area contributed by atoms with E-state index in [2.05, 4.69) is 10.6 Å². The van der Waals surface area contributed by atoms with Crippen molar-refractivity contribution in [2.45, 2.75) is 117 Å². The smallest absolute Gasteiger partial charge is 0.312 e. The van der Waals surface area contributed by atoms with Crippen molar-refractivity contribution >= 4 is 34.1 Å². The highest BCUT2D eigenvalue weighted by Crippen LogP contribution is 2.50. The number of phenolic OH excluding ortho intramolecular Hbond substituents is 2. The molecule has 13 atom stereocenters. The van der Waals surface area contributed by atoms with E-state index < -0.39 is 101 Å². The number of carbonyl (C=O) groups excluding carboxylic acids is 3. The molecule has 1 saturated heterocycles. The van der Waals surface area contributed by atoms with E-state index in [0.717, 1.165) is 5.56 Å². The van der Waals surface area contributed by atoms with Gasteiger partial charge in [-0.2, -0.15) is 0 Å². The van der Waals surface area contributed by atoms with Gasteiger partial charge in [0.1, 0.15) is 28.6 Å². The third kappa shape index (κ3) is 8.38. The molecule has 3 aromatic rings. The maximum atomic E-state index is 14.9. The second-order valence-electron chi connectivity index (χ2n) is 18.6. The van der Waals surface area contributed by atoms with E-state index in [1.54, 1.807) is 46.8 Å². The Morgan fingerprint density at radius 3 is 2.26 bits per heavy atom. The number of fused-ring (bicyclic) bond motifs is 1. The number of benzene rings is 3. The van der Waals surface area contributed by atoms with Crippen molar-refractivity contribution in [1.82, 2.24) is 5.32 Å². The standard InChI is InChI=1S/C50H62N4O12/c1-23-15-14-16-24(2)48(62)52-40-39-38(53-50(54-39)21-32(31-17-12-11-13-18-31)51-33(22-55)29(50)7)35-36(44(40)60)43(59)28(6)46-37(35)47(61)49(9,66-46)64-20-19-34(63-10)25(3)45(65-30(8)56)27(5)42(58)26(4)41(23)57/h11-20,23,25-27,29,32-34,41-42,45,51,55,57-60H,21-22H2,1-10H3,(H,52,62)/b15-14-,20-19-,24-16+/t23-,25-,26+,27-,29-,32-,33-,34-,41-,42-,45-,49-,50?/m0/s1. The first kappa shape index (κ1) is 48.3. The van der Waals surface area contributed by atoms with E-state index in [4.69, 9.17) is 28.9 Å². The fourth-order valence-electron chi connectivity index (χ4n) is 10.0. The van der Waals surface area contributed by atoms with Crippen LogP contribution >= 0.6 is 0 Å². The largest absolute Gasteiger partial charge is 0.507 e. The van der Waals surface area contributed by atoms with E-state index in [1.807, 2.05) is 37.3 Å². The van der Waals surface area contributed by atoms with Gasteiger partial charge in [-0.1, -0.05) is 83.2 Å². The van der Waals surface area contributed by atoms with Crippen LogP contribution in [-0.2, 0) is 23.8 Å². The van der Waals surface area contributed by atoms with Crippen LogP contribution in [0.3, 0.4) is 0 Å². The minimum Gasteiger partial charge on any atom is -0.507 e. The van der Waals surface area contributed by atoms with Gasteiger partial charge in [-0.25, -0.2) is 0 Å². The molecule has 1 unspecified atom stereocenters. The fourth-order valence-corrected chi connectivity index (χ4v) is 10.0. The monoisotopic (exact) mass is 910 g/mol. The lowest BCUT2D eigenvalue weighted by molar-refractivity contribution is -0.160. The lowest BCUT2D eigenvalue weighted by Gasteiger charge is -2.44. The maximum Gasteiger partial charge on any atom is 0.312 e. The third-order valence-electron chi connectivity index (χ3n) is 14.2. The van der Waals surface area contributed by atoms with Gasteiger partial charge in [-0.05, 0) is 25.5 Å².